The lowest BCUT2D eigenvalue weighted by molar-refractivity contribution is 0.666. The van der Waals surface area contributed by atoms with E-state index in [9.17, 15) is 0 Å². The molecule has 1 aliphatic rings. The highest BCUT2D eigenvalue weighted by atomic mass is 15.0. The van der Waals surface area contributed by atoms with Gasteiger partial charge in [-0.25, -0.2) is 9.97 Å². The van der Waals surface area contributed by atoms with Crippen molar-refractivity contribution in [2.24, 2.45) is 0 Å². The Hall–Kier alpha value is -8.34. The van der Waals surface area contributed by atoms with Gasteiger partial charge in [0.2, 0.25) is 0 Å². The third-order valence-corrected chi connectivity index (χ3v) is 13.7. The van der Waals surface area contributed by atoms with E-state index in [-0.39, 0.29) is 5.41 Å². The smallest absolute Gasteiger partial charge is 0.160 e. The van der Waals surface area contributed by atoms with Gasteiger partial charge in [-0.05, 0) is 76.9 Å². The molecule has 0 aliphatic heterocycles. The van der Waals surface area contributed by atoms with Crippen LogP contribution in [0.5, 0.6) is 0 Å². The summed E-state index contributed by atoms with van der Waals surface area (Å²) in [6.07, 6.45) is 0. The standard InChI is InChI=1S/C61H42N4/c1-61(2)49-28-14-9-23-42(49)46-34-36-57-58(59(46)61)47-27-13-18-32-55(47)65(57)56-35-33-41(60-62-50(39-19-5-3-6-20-39)38-51(63-60)40-21-7-4-8-22-40)37-48(56)45-26-12-17-31-54(45)64-52-29-15-10-24-43(52)44-25-11-16-30-53(44)64/h3-38H,1-2H3. The molecule has 13 rings (SSSR count). The largest absolute Gasteiger partial charge is 0.309 e. The Morgan fingerprint density at radius 1 is 0.354 bits per heavy atom. The van der Waals surface area contributed by atoms with Gasteiger partial charge in [0, 0.05) is 54.8 Å². The van der Waals surface area contributed by atoms with Crippen molar-refractivity contribution < 1.29 is 0 Å². The van der Waals surface area contributed by atoms with Gasteiger partial charge >= 0.3 is 0 Å². The predicted molar refractivity (Wildman–Crippen MR) is 270 cm³/mol. The van der Waals surface area contributed by atoms with E-state index >= 15 is 0 Å². The van der Waals surface area contributed by atoms with Crippen LogP contribution >= 0.6 is 0 Å². The molecule has 306 valence electrons. The maximum Gasteiger partial charge on any atom is 0.160 e. The molecular formula is C61H42N4. The molecule has 3 heterocycles. The number of benzene rings is 9. The lowest BCUT2D eigenvalue weighted by Crippen LogP contribution is -2.15. The van der Waals surface area contributed by atoms with E-state index in [0.717, 1.165) is 50.6 Å². The van der Waals surface area contributed by atoms with E-state index < -0.39 is 0 Å². The summed E-state index contributed by atoms with van der Waals surface area (Å²) in [4.78, 5) is 10.7. The molecule has 65 heavy (non-hydrogen) atoms. The van der Waals surface area contributed by atoms with Gasteiger partial charge in [0.05, 0.1) is 44.8 Å². The number of nitrogens with zero attached hydrogens (tertiary/aromatic N) is 4. The van der Waals surface area contributed by atoms with Crippen molar-refractivity contribution in [2.75, 3.05) is 0 Å². The Balaban J connectivity index is 1.13. The Morgan fingerprint density at radius 3 is 1.52 bits per heavy atom. The molecular weight excluding hydrogens is 789 g/mol. The summed E-state index contributed by atoms with van der Waals surface area (Å²) in [5.41, 5.74) is 19.1. The van der Waals surface area contributed by atoms with Crippen LogP contribution in [-0.2, 0) is 5.41 Å². The molecule has 0 amide bonds. The first-order valence-electron chi connectivity index (χ1n) is 22.4. The summed E-state index contributed by atoms with van der Waals surface area (Å²) >= 11 is 0. The van der Waals surface area contributed by atoms with Gasteiger partial charge in [0.15, 0.2) is 5.82 Å². The monoisotopic (exact) mass is 830 g/mol. The lowest BCUT2D eigenvalue weighted by Gasteiger charge is -2.23. The van der Waals surface area contributed by atoms with Crippen molar-refractivity contribution in [1.29, 1.82) is 0 Å². The van der Waals surface area contributed by atoms with Gasteiger partial charge in [0.1, 0.15) is 0 Å². The molecule has 4 nitrogen and oxygen atoms in total. The summed E-state index contributed by atoms with van der Waals surface area (Å²) < 4.78 is 4.94. The first-order valence-corrected chi connectivity index (χ1v) is 22.4. The second-order valence-electron chi connectivity index (χ2n) is 17.7. The maximum atomic E-state index is 5.33. The van der Waals surface area contributed by atoms with Crippen LogP contribution in [0.3, 0.4) is 0 Å². The average molecular weight is 831 g/mol. The number of hydrogen-bond donors (Lipinski definition) is 0. The third-order valence-electron chi connectivity index (χ3n) is 13.7. The Kier molecular flexibility index (Phi) is 8.22. The molecule has 0 spiro atoms. The number of aromatic nitrogens is 4. The molecule has 0 saturated heterocycles. The highest BCUT2D eigenvalue weighted by Crippen LogP contribution is 2.53. The zero-order valence-electron chi connectivity index (χ0n) is 36.1. The van der Waals surface area contributed by atoms with E-state index in [1.807, 2.05) is 12.1 Å². The van der Waals surface area contributed by atoms with Crippen LogP contribution in [0.4, 0.5) is 0 Å². The minimum atomic E-state index is -0.187. The second kappa shape index (κ2) is 14.3. The molecule has 3 aromatic heterocycles. The average Bonchev–Trinajstić information content (AvgIpc) is 3.97. The third kappa shape index (κ3) is 5.63. The molecule has 0 N–H and O–H groups in total. The van der Waals surface area contributed by atoms with E-state index in [2.05, 4.69) is 229 Å². The highest BCUT2D eigenvalue weighted by Gasteiger charge is 2.38. The van der Waals surface area contributed by atoms with Gasteiger partial charge in [-0.1, -0.05) is 178 Å². The van der Waals surface area contributed by atoms with Gasteiger partial charge in [-0.2, -0.15) is 0 Å². The second-order valence-corrected chi connectivity index (χ2v) is 17.7. The SMILES string of the molecule is CC1(C)c2ccccc2-c2ccc3c(c21)c1ccccc1n3-c1ccc(-c2nc(-c3ccccc3)cc(-c3ccccc3)n2)cc1-c1ccccc1-n1c2ccccc2c2ccccc21. The first kappa shape index (κ1) is 37.2. The number of fused-ring (bicyclic) bond motifs is 10. The minimum Gasteiger partial charge on any atom is -0.309 e. The Morgan fingerprint density at radius 2 is 0.862 bits per heavy atom. The van der Waals surface area contributed by atoms with Crippen LogP contribution in [0.25, 0.3) is 111 Å². The highest BCUT2D eigenvalue weighted by molar-refractivity contribution is 6.15. The number of hydrogen-bond acceptors (Lipinski definition) is 2. The number of para-hydroxylation sites is 4. The van der Waals surface area contributed by atoms with Crippen LogP contribution in [0.2, 0.25) is 0 Å². The fourth-order valence-electron chi connectivity index (χ4n) is 10.8. The van der Waals surface area contributed by atoms with E-state index in [0.29, 0.717) is 5.82 Å². The van der Waals surface area contributed by atoms with Crippen molar-refractivity contribution >= 4 is 43.6 Å². The minimum absolute atomic E-state index is 0.187. The predicted octanol–water partition coefficient (Wildman–Crippen LogP) is 15.6. The number of rotatable bonds is 6. The van der Waals surface area contributed by atoms with Crippen molar-refractivity contribution in [3.63, 3.8) is 0 Å². The Labute approximate surface area is 377 Å². The van der Waals surface area contributed by atoms with Crippen LogP contribution in [0.1, 0.15) is 25.0 Å². The van der Waals surface area contributed by atoms with Crippen molar-refractivity contribution in [2.45, 2.75) is 19.3 Å². The molecule has 0 fully saturated rings. The van der Waals surface area contributed by atoms with E-state index in [1.165, 1.54) is 65.9 Å². The lowest BCUT2D eigenvalue weighted by atomic mass is 9.80. The molecule has 0 unspecified atom stereocenters. The van der Waals surface area contributed by atoms with Gasteiger partial charge in [-0.15, -0.1) is 0 Å². The zero-order valence-corrected chi connectivity index (χ0v) is 36.1. The van der Waals surface area contributed by atoms with Gasteiger partial charge in [-0.3, -0.25) is 0 Å². The van der Waals surface area contributed by atoms with Crippen LogP contribution in [-0.4, -0.2) is 19.1 Å². The first-order chi connectivity index (χ1) is 32.0. The quantitative estimate of drug-likeness (QED) is 0.167. The van der Waals surface area contributed by atoms with E-state index in [1.54, 1.807) is 0 Å². The Bertz CT molecular complexity index is 3740. The van der Waals surface area contributed by atoms with Crippen LogP contribution in [0, 0.1) is 0 Å². The molecule has 12 aromatic rings. The van der Waals surface area contributed by atoms with Gasteiger partial charge < -0.3 is 9.13 Å². The van der Waals surface area contributed by atoms with Crippen molar-refractivity contribution in [3.8, 4) is 67.5 Å². The zero-order chi connectivity index (χ0) is 43.2. The van der Waals surface area contributed by atoms with Crippen molar-refractivity contribution in [3.05, 3.63) is 230 Å². The normalized spacial score (nSPS) is 12.9. The fraction of sp³-hybridized carbons (Fsp3) is 0.0492. The topological polar surface area (TPSA) is 35.6 Å². The molecule has 4 heteroatoms. The summed E-state index contributed by atoms with van der Waals surface area (Å²) in [6.45, 7) is 4.78. The van der Waals surface area contributed by atoms with Crippen LogP contribution < -0.4 is 0 Å². The summed E-state index contributed by atoms with van der Waals surface area (Å²) in [7, 11) is 0. The molecule has 1 aliphatic carbocycles. The fourth-order valence-corrected chi connectivity index (χ4v) is 10.8. The van der Waals surface area contributed by atoms with Gasteiger partial charge in [0.25, 0.3) is 0 Å². The van der Waals surface area contributed by atoms with E-state index in [4.69, 9.17) is 9.97 Å². The molecule has 0 saturated carbocycles. The maximum absolute atomic E-state index is 5.33. The summed E-state index contributed by atoms with van der Waals surface area (Å²) in [5, 5.41) is 5.01. The molecule has 0 atom stereocenters. The summed E-state index contributed by atoms with van der Waals surface area (Å²) in [6, 6.07) is 78.8. The van der Waals surface area contributed by atoms with Crippen LogP contribution in [0.15, 0.2) is 218 Å². The molecule has 0 bridgehead atoms. The van der Waals surface area contributed by atoms with Crippen molar-refractivity contribution in [1.82, 2.24) is 19.1 Å². The molecule has 9 aromatic carbocycles. The summed E-state index contributed by atoms with van der Waals surface area (Å²) in [5.74, 6) is 0.673. The molecule has 0 radical (unpaired) electrons.